The minimum absolute atomic E-state index is 0.0582. The maximum Gasteiger partial charge on any atom is 0.223 e. The molecule has 0 fully saturated rings. The highest BCUT2D eigenvalue weighted by molar-refractivity contribution is 7.15. The molecule has 2 heterocycles. The van der Waals surface area contributed by atoms with Crippen molar-refractivity contribution in [2.75, 3.05) is 5.32 Å². The number of thiazole rings is 1. The van der Waals surface area contributed by atoms with E-state index in [9.17, 15) is 4.79 Å². The standard InChI is InChI=1S/C9H13N3OS/c1-5-3-7-8(4-10-5)14-9(12-7)11-6(2)13/h5,10H,3-4H2,1-2H3,(H,11,12,13). The number of nitrogens with one attached hydrogen (secondary N) is 2. The van der Waals surface area contributed by atoms with Crippen molar-refractivity contribution in [1.82, 2.24) is 10.3 Å². The molecule has 0 saturated carbocycles. The van der Waals surface area contributed by atoms with Crippen molar-refractivity contribution in [3.63, 3.8) is 0 Å². The van der Waals surface area contributed by atoms with Crippen LogP contribution < -0.4 is 10.6 Å². The number of aromatic nitrogens is 1. The predicted molar refractivity (Wildman–Crippen MR) is 56.4 cm³/mol. The van der Waals surface area contributed by atoms with E-state index in [1.165, 1.54) is 11.8 Å². The maximum absolute atomic E-state index is 10.8. The van der Waals surface area contributed by atoms with Crippen LogP contribution in [-0.4, -0.2) is 16.9 Å². The largest absolute Gasteiger partial charge is 0.309 e. The number of carbonyl (C=O) groups is 1. The fraction of sp³-hybridized carbons (Fsp3) is 0.556. The van der Waals surface area contributed by atoms with Crippen LogP contribution in [0.15, 0.2) is 0 Å². The third-order valence-corrected chi connectivity index (χ3v) is 3.18. The van der Waals surface area contributed by atoms with Crippen LogP contribution in [0.1, 0.15) is 24.4 Å². The Morgan fingerprint density at radius 1 is 1.71 bits per heavy atom. The van der Waals surface area contributed by atoms with Crippen LogP contribution in [0.4, 0.5) is 5.13 Å². The molecule has 14 heavy (non-hydrogen) atoms. The van der Waals surface area contributed by atoms with Crippen molar-refractivity contribution in [1.29, 1.82) is 0 Å². The molecule has 1 aliphatic rings. The average Bonchev–Trinajstić information content (AvgIpc) is 2.44. The molecule has 1 unspecified atom stereocenters. The van der Waals surface area contributed by atoms with Crippen LogP contribution >= 0.6 is 11.3 Å². The first-order valence-corrected chi connectivity index (χ1v) is 5.46. The summed E-state index contributed by atoms with van der Waals surface area (Å²) >= 11 is 1.56. The fourth-order valence-corrected chi connectivity index (χ4v) is 2.50. The Morgan fingerprint density at radius 3 is 3.21 bits per heavy atom. The molecule has 1 aromatic rings. The molecule has 0 aromatic carbocycles. The van der Waals surface area contributed by atoms with Crippen LogP contribution in [0.5, 0.6) is 0 Å². The summed E-state index contributed by atoms with van der Waals surface area (Å²) in [5.74, 6) is -0.0582. The lowest BCUT2D eigenvalue weighted by molar-refractivity contribution is -0.114. The number of anilines is 1. The number of hydrogen-bond donors (Lipinski definition) is 2. The Morgan fingerprint density at radius 2 is 2.50 bits per heavy atom. The third-order valence-electron chi connectivity index (χ3n) is 2.17. The lowest BCUT2D eigenvalue weighted by atomic mass is 10.1. The molecule has 76 valence electrons. The smallest absolute Gasteiger partial charge is 0.223 e. The molecule has 1 aromatic heterocycles. The summed E-state index contributed by atoms with van der Waals surface area (Å²) in [6, 6.07) is 0.481. The SMILES string of the molecule is CC(=O)Nc1nc2c(s1)CNC(C)C2. The van der Waals surface area contributed by atoms with E-state index >= 15 is 0 Å². The third kappa shape index (κ3) is 1.93. The van der Waals surface area contributed by atoms with Crippen molar-refractivity contribution in [2.24, 2.45) is 0 Å². The summed E-state index contributed by atoms with van der Waals surface area (Å²) in [6.45, 7) is 4.51. The van der Waals surface area contributed by atoms with Gasteiger partial charge in [0.25, 0.3) is 0 Å². The number of nitrogens with zero attached hydrogens (tertiary/aromatic N) is 1. The lowest BCUT2D eigenvalue weighted by Crippen LogP contribution is -2.32. The molecule has 0 aliphatic carbocycles. The molecular weight excluding hydrogens is 198 g/mol. The molecule has 1 amide bonds. The van der Waals surface area contributed by atoms with Gasteiger partial charge in [-0.1, -0.05) is 0 Å². The zero-order valence-electron chi connectivity index (χ0n) is 8.26. The van der Waals surface area contributed by atoms with Gasteiger partial charge in [0.2, 0.25) is 5.91 Å². The second-order valence-electron chi connectivity index (χ2n) is 3.56. The van der Waals surface area contributed by atoms with E-state index in [1.807, 2.05) is 0 Å². The molecule has 1 atom stereocenters. The van der Waals surface area contributed by atoms with E-state index in [-0.39, 0.29) is 5.91 Å². The van der Waals surface area contributed by atoms with Crippen LogP contribution in [0.2, 0.25) is 0 Å². The molecular formula is C9H13N3OS. The second-order valence-corrected chi connectivity index (χ2v) is 4.64. The molecule has 4 nitrogen and oxygen atoms in total. The summed E-state index contributed by atoms with van der Waals surface area (Å²) in [5.41, 5.74) is 1.13. The van der Waals surface area contributed by atoms with Gasteiger partial charge in [-0.25, -0.2) is 4.98 Å². The van der Waals surface area contributed by atoms with Crippen molar-refractivity contribution in [2.45, 2.75) is 32.9 Å². The summed E-state index contributed by atoms with van der Waals surface area (Å²) in [5, 5.41) is 6.80. The Hall–Kier alpha value is -0.940. The molecule has 0 spiro atoms. The van der Waals surface area contributed by atoms with Gasteiger partial charge in [-0.2, -0.15) is 0 Å². The normalized spacial score (nSPS) is 20.3. The van der Waals surface area contributed by atoms with Gasteiger partial charge in [0, 0.05) is 30.8 Å². The van der Waals surface area contributed by atoms with Crippen molar-refractivity contribution >= 4 is 22.4 Å². The quantitative estimate of drug-likeness (QED) is 0.732. The minimum atomic E-state index is -0.0582. The average molecular weight is 211 g/mol. The first-order chi connectivity index (χ1) is 6.65. The second kappa shape index (κ2) is 3.67. The number of hydrogen-bond acceptors (Lipinski definition) is 4. The number of carbonyl (C=O) groups excluding carboxylic acids is 1. The van der Waals surface area contributed by atoms with E-state index in [4.69, 9.17) is 0 Å². The summed E-state index contributed by atoms with van der Waals surface area (Å²) < 4.78 is 0. The zero-order valence-corrected chi connectivity index (χ0v) is 9.07. The zero-order chi connectivity index (χ0) is 10.1. The molecule has 0 saturated heterocycles. The Bertz CT molecular complexity index is 361. The Kier molecular flexibility index (Phi) is 2.52. The van der Waals surface area contributed by atoms with Crippen molar-refractivity contribution < 1.29 is 4.79 Å². The van der Waals surface area contributed by atoms with Gasteiger partial charge in [0.15, 0.2) is 5.13 Å². The summed E-state index contributed by atoms with van der Waals surface area (Å²) in [7, 11) is 0. The monoisotopic (exact) mass is 211 g/mol. The van der Waals surface area contributed by atoms with Gasteiger partial charge in [0.1, 0.15) is 0 Å². The van der Waals surface area contributed by atoms with Crippen LogP contribution in [-0.2, 0) is 17.8 Å². The highest BCUT2D eigenvalue weighted by Crippen LogP contribution is 2.26. The molecule has 0 bridgehead atoms. The van der Waals surface area contributed by atoms with Gasteiger partial charge >= 0.3 is 0 Å². The van der Waals surface area contributed by atoms with E-state index in [0.29, 0.717) is 6.04 Å². The lowest BCUT2D eigenvalue weighted by Gasteiger charge is -2.17. The van der Waals surface area contributed by atoms with E-state index in [1.54, 1.807) is 11.3 Å². The topological polar surface area (TPSA) is 54.0 Å². The van der Waals surface area contributed by atoms with Crippen molar-refractivity contribution in [3.8, 4) is 0 Å². The summed E-state index contributed by atoms with van der Waals surface area (Å²) in [4.78, 5) is 16.5. The van der Waals surface area contributed by atoms with Gasteiger partial charge in [-0.15, -0.1) is 11.3 Å². The number of rotatable bonds is 1. The Labute approximate surface area is 86.7 Å². The van der Waals surface area contributed by atoms with Gasteiger partial charge < -0.3 is 10.6 Å². The molecule has 1 aliphatic heterocycles. The van der Waals surface area contributed by atoms with Gasteiger partial charge in [0.05, 0.1) is 5.69 Å². The van der Waals surface area contributed by atoms with Crippen LogP contribution in [0.25, 0.3) is 0 Å². The Balaban J connectivity index is 2.19. The molecule has 2 N–H and O–H groups in total. The minimum Gasteiger partial charge on any atom is -0.309 e. The predicted octanol–water partition coefficient (Wildman–Crippen LogP) is 1.14. The fourth-order valence-electron chi connectivity index (χ4n) is 1.51. The van der Waals surface area contributed by atoms with E-state index in [0.717, 1.165) is 23.8 Å². The van der Waals surface area contributed by atoms with E-state index in [2.05, 4.69) is 22.5 Å². The van der Waals surface area contributed by atoms with Crippen LogP contribution in [0, 0.1) is 0 Å². The van der Waals surface area contributed by atoms with Crippen LogP contribution in [0.3, 0.4) is 0 Å². The van der Waals surface area contributed by atoms with E-state index < -0.39 is 0 Å². The molecule has 2 rings (SSSR count). The first kappa shape index (κ1) is 9.61. The van der Waals surface area contributed by atoms with Crippen molar-refractivity contribution in [3.05, 3.63) is 10.6 Å². The highest BCUT2D eigenvalue weighted by Gasteiger charge is 2.19. The summed E-state index contributed by atoms with van der Waals surface area (Å²) in [6.07, 6.45) is 0.950. The van der Waals surface area contributed by atoms with Gasteiger partial charge in [-0.05, 0) is 6.92 Å². The molecule has 5 heteroatoms. The van der Waals surface area contributed by atoms with Gasteiger partial charge in [-0.3, -0.25) is 4.79 Å². The first-order valence-electron chi connectivity index (χ1n) is 4.64. The number of amides is 1. The molecule has 0 radical (unpaired) electrons. The highest BCUT2D eigenvalue weighted by atomic mass is 32.1. The maximum atomic E-state index is 10.8. The number of fused-ring (bicyclic) bond motifs is 1.